The van der Waals surface area contributed by atoms with Crippen molar-refractivity contribution in [1.29, 1.82) is 0 Å². The maximum Gasteiger partial charge on any atom is 0.204 e. The van der Waals surface area contributed by atoms with E-state index in [2.05, 4.69) is 10.5 Å². The monoisotopic (exact) mass is 383 g/mol. The Morgan fingerprint density at radius 2 is 1.30 bits per heavy atom. The average Bonchev–Trinajstić information content (AvgIpc) is 2.72. The highest BCUT2D eigenvalue weighted by Gasteiger charge is 2.27. The van der Waals surface area contributed by atoms with Gasteiger partial charge in [0.15, 0.2) is 0 Å². The van der Waals surface area contributed by atoms with Gasteiger partial charge < -0.3 is 0 Å². The summed E-state index contributed by atoms with van der Waals surface area (Å²) in [6.07, 6.45) is 0. The molecule has 27 heavy (non-hydrogen) atoms. The van der Waals surface area contributed by atoms with E-state index in [9.17, 15) is 8.78 Å². The fourth-order valence-corrected chi connectivity index (χ4v) is 2.99. The summed E-state index contributed by atoms with van der Waals surface area (Å²) < 4.78 is 28.4. The molecule has 1 heterocycles. The number of halogens is 3. The molecule has 0 fully saturated rings. The van der Waals surface area contributed by atoms with Gasteiger partial charge in [-0.3, -0.25) is 0 Å². The van der Waals surface area contributed by atoms with Crippen LogP contribution in [0.25, 0.3) is 0 Å². The number of para-hydroxylation sites is 2. The van der Waals surface area contributed by atoms with Crippen LogP contribution in [0.2, 0.25) is 5.02 Å². The van der Waals surface area contributed by atoms with E-state index < -0.39 is 11.6 Å². The van der Waals surface area contributed by atoms with Crippen LogP contribution in [0.1, 0.15) is 5.56 Å². The SMILES string of the molecule is Fc1ccc(F)c(C2=NN(c3ccccc3)CN(c3ccccc3)[N]2)c1Cl. The number of anilines is 2. The molecule has 0 N–H and O–H groups in total. The molecule has 0 saturated heterocycles. The Bertz CT molecular complexity index is 980. The molecule has 4 nitrogen and oxygen atoms in total. The van der Waals surface area contributed by atoms with E-state index in [4.69, 9.17) is 11.6 Å². The van der Waals surface area contributed by atoms with Gasteiger partial charge in [0.05, 0.1) is 22.0 Å². The Morgan fingerprint density at radius 3 is 1.93 bits per heavy atom. The quantitative estimate of drug-likeness (QED) is 0.609. The van der Waals surface area contributed by atoms with Gasteiger partial charge in [0, 0.05) is 0 Å². The van der Waals surface area contributed by atoms with Crippen LogP contribution in [-0.4, -0.2) is 12.5 Å². The summed E-state index contributed by atoms with van der Waals surface area (Å²) in [4.78, 5) is 0. The molecule has 4 rings (SSSR count). The molecule has 3 aromatic rings. The second kappa shape index (κ2) is 7.25. The molecule has 135 valence electrons. The van der Waals surface area contributed by atoms with Crippen molar-refractivity contribution in [3.8, 4) is 0 Å². The van der Waals surface area contributed by atoms with E-state index in [-0.39, 0.29) is 16.4 Å². The van der Waals surface area contributed by atoms with E-state index in [0.29, 0.717) is 6.67 Å². The summed E-state index contributed by atoms with van der Waals surface area (Å²) in [5.41, 5.74) is 5.82. The topological polar surface area (TPSA) is 32.9 Å². The van der Waals surface area contributed by atoms with Crippen LogP contribution in [0.4, 0.5) is 20.2 Å². The lowest BCUT2D eigenvalue weighted by molar-refractivity contribution is 0.593. The molecule has 1 aliphatic rings. The summed E-state index contributed by atoms with van der Waals surface area (Å²) in [6.45, 7) is 0.312. The molecule has 1 radical (unpaired) electrons. The molecular formula is C20H14ClF2N4. The lowest BCUT2D eigenvalue weighted by Gasteiger charge is -2.34. The van der Waals surface area contributed by atoms with E-state index in [1.165, 1.54) is 0 Å². The van der Waals surface area contributed by atoms with Gasteiger partial charge >= 0.3 is 0 Å². The summed E-state index contributed by atoms with van der Waals surface area (Å²) in [7, 11) is 0. The number of amidine groups is 1. The van der Waals surface area contributed by atoms with Crippen molar-refractivity contribution >= 4 is 28.8 Å². The highest BCUT2D eigenvalue weighted by Crippen LogP contribution is 2.27. The van der Waals surface area contributed by atoms with Gasteiger partial charge in [-0.2, -0.15) is 0 Å². The highest BCUT2D eigenvalue weighted by molar-refractivity contribution is 6.34. The van der Waals surface area contributed by atoms with Gasteiger partial charge in [0.25, 0.3) is 0 Å². The Labute approximate surface area is 160 Å². The first-order valence-corrected chi connectivity index (χ1v) is 8.60. The summed E-state index contributed by atoms with van der Waals surface area (Å²) in [6, 6.07) is 20.8. The zero-order valence-electron chi connectivity index (χ0n) is 14.1. The van der Waals surface area contributed by atoms with E-state index in [0.717, 1.165) is 23.5 Å². The lowest BCUT2D eigenvalue weighted by Crippen LogP contribution is -2.49. The van der Waals surface area contributed by atoms with Gasteiger partial charge in [-0.25, -0.2) is 18.8 Å². The van der Waals surface area contributed by atoms with Crippen LogP contribution in [0, 0.1) is 11.6 Å². The Hall–Kier alpha value is -3.12. The third-order valence-corrected chi connectivity index (χ3v) is 4.44. The van der Waals surface area contributed by atoms with E-state index in [1.807, 2.05) is 60.7 Å². The molecule has 0 unspecified atom stereocenters. The largest absolute Gasteiger partial charge is 0.242 e. The van der Waals surface area contributed by atoms with Gasteiger partial charge in [-0.15, -0.1) is 10.5 Å². The standard InChI is InChI=1S/C20H14ClF2N4/c21-19-17(23)12-11-16(22)18(19)20-24-26(14-7-3-1-4-8-14)13-27(25-20)15-9-5-2-6-10-15/h1-12H,13H2. The molecule has 0 aliphatic carbocycles. The fraction of sp³-hybridized carbons (Fsp3) is 0.0500. The van der Waals surface area contributed by atoms with Gasteiger partial charge in [0.2, 0.25) is 5.84 Å². The summed E-state index contributed by atoms with van der Waals surface area (Å²) in [5, 5.41) is 7.39. The van der Waals surface area contributed by atoms with Crippen LogP contribution in [0.5, 0.6) is 0 Å². The predicted octanol–water partition coefficient (Wildman–Crippen LogP) is 4.78. The number of nitrogens with zero attached hydrogens (tertiary/aromatic N) is 4. The van der Waals surface area contributed by atoms with Crippen molar-refractivity contribution in [2.45, 2.75) is 0 Å². The Kier molecular flexibility index (Phi) is 4.64. The number of hydrogen-bond acceptors (Lipinski definition) is 3. The lowest BCUT2D eigenvalue weighted by atomic mass is 10.2. The minimum Gasteiger partial charge on any atom is -0.242 e. The number of rotatable bonds is 3. The molecule has 3 aromatic carbocycles. The van der Waals surface area contributed by atoms with Crippen molar-refractivity contribution in [1.82, 2.24) is 5.43 Å². The maximum absolute atomic E-state index is 14.4. The smallest absolute Gasteiger partial charge is 0.204 e. The zero-order chi connectivity index (χ0) is 18.8. The first kappa shape index (κ1) is 17.3. The number of hydrazone groups is 1. The van der Waals surface area contributed by atoms with Crippen LogP contribution in [0.15, 0.2) is 77.9 Å². The zero-order valence-corrected chi connectivity index (χ0v) is 14.8. The van der Waals surface area contributed by atoms with Crippen LogP contribution in [0.3, 0.4) is 0 Å². The molecule has 0 spiro atoms. The first-order chi connectivity index (χ1) is 13.1. The first-order valence-electron chi connectivity index (χ1n) is 8.23. The third-order valence-electron chi connectivity index (χ3n) is 4.07. The molecule has 0 aromatic heterocycles. The van der Waals surface area contributed by atoms with E-state index >= 15 is 0 Å². The van der Waals surface area contributed by atoms with Crippen molar-refractivity contribution < 1.29 is 8.78 Å². The van der Waals surface area contributed by atoms with Crippen molar-refractivity contribution in [3.05, 3.63) is 95.0 Å². The minimum absolute atomic E-state index is 0.00374. The van der Waals surface area contributed by atoms with Crippen LogP contribution >= 0.6 is 11.6 Å². The van der Waals surface area contributed by atoms with Crippen molar-refractivity contribution in [2.24, 2.45) is 5.10 Å². The average molecular weight is 384 g/mol. The fourth-order valence-electron chi connectivity index (χ4n) is 2.75. The van der Waals surface area contributed by atoms with Gasteiger partial charge in [0.1, 0.15) is 18.3 Å². The number of benzene rings is 3. The highest BCUT2D eigenvalue weighted by atomic mass is 35.5. The van der Waals surface area contributed by atoms with Crippen molar-refractivity contribution in [3.63, 3.8) is 0 Å². The number of hydrogen-bond donors (Lipinski definition) is 0. The Balaban J connectivity index is 1.81. The molecule has 0 bridgehead atoms. The third kappa shape index (κ3) is 3.44. The molecule has 0 saturated carbocycles. The van der Waals surface area contributed by atoms with Crippen LogP contribution in [-0.2, 0) is 0 Å². The minimum atomic E-state index is -0.728. The molecule has 1 aliphatic heterocycles. The molecule has 0 atom stereocenters. The van der Waals surface area contributed by atoms with Crippen molar-refractivity contribution in [2.75, 3.05) is 16.7 Å². The Morgan fingerprint density at radius 1 is 0.741 bits per heavy atom. The second-order valence-corrected chi connectivity index (χ2v) is 6.23. The second-order valence-electron chi connectivity index (χ2n) is 5.85. The molecule has 7 heteroatoms. The van der Waals surface area contributed by atoms with Gasteiger partial charge in [-0.1, -0.05) is 48.0 Å². The normalized spacial score (nSPS) is 14.0. The molecular weight excluding hydrogens is 370 g/mol. The van der Waals surface area contributed by atoms with Gasteiger partial charge in [-0.05, 0) is 36.4 Å². The maximum atomic E-state index is 14.4. The van der Waals surface area contributed by atoms with Crippen LogP contribution < -0.4 is 15.4 Å². The predicted molar refractivity (Wildman–Crippen MR) is 103 cm³/mol. The molecule has 0 amide bonds. The van der Waals surface area contributed by atoms with E-state index in [1.54, 1.807) is 10.0 Å². The summed E-state index contributed by atoms with van der Waals surface area (Å²) >= 11 is 6.03. The summed E-state index contributed by atoms with van der Waals surface area (Å²) in [5.74, 6) is -1.42.